The van der Waals surface area contributed by atoms with E-state index >= 15 is 0 Å². The number of carbonyl (C=O) groups excluding carboxylic acids is 3. The Kier molecular flexibility index (Phi) is 9.18. The maximum atomic E-state index is 13.5. The van der Waals surface area contributed by atoms with Crippen LogP contribution in [0.15, 0.2) is 76.5 Å². The van der Waals surface area contributed by atoms with Crippen molar-refractivity contribution in [3.8, 4) is 11.5 Å². The topological polar surface area (TPSA) is 122 Å². The lowest BCUT2D eigenvalue weighted by Crippen LogP contribution is -2.39. The molecule has 234 valence electrons. The number of sulfonamides is 1. The number of ether oxygens (including phenoxy) is 2. The highest BCUT2D eigenvalue weighted by atomic mass is 35.5. The molecule has 0 saturated carbocycles. The lowest BCUT2D eigenvalue weighted by atomic mass is 9.91. The molecule has 0 aromatic heterocycles. The zero-order valence-corrected chi connectivity index (χ0v) is 26.5. The van der Waals surface area contributed by atoms with Crippen molar-refractivity contribution >= 4 is 56.5 Å². The molecular formula is C32H30ClN3O7S2. The second kappa shape index (κ2) is 13.3. The third-order valence-corrected chi connectivity index (χ3v) is 11.2. The van der Waals surface area contributed by atoms with Gasteiger partial charge in [-0.2, -0.15) is 4.31 Å². The summed E-state index contributed by atoms with van der Waals surface area (Å²) in [6.45, 7) is 0.795. The number of halogens is 1. The first kappa shape index (κ1) is 31.2. The molecule has 6 rings (SSSR count). The SMILES string of the molecule is O=C(NCCN1C(=O)S/C(=C/c2ccc3c(c2)OCO3)C1=O)c1ccc(Cl)c(S(=O)(=O)N2CCC(Cc3ccccc3)CC2)c1. The largest absolute Gasteiger partial charge is 0.454 e. The van der Waals surface area contributed by atoms with Gasteiger partial charge in [-0.25, -0.2) is 8.42 Å². The third-order valence-electron chi connectivity index (χ3n) is 7.94. The molecule has 13 heteroatoms. The Morgan fingerprint density at radius 1 is 1.00 bits per heavy atom. The van der Waals surface area contributed by atoms with E-state index < -0.39 is 27.1 Å². The van der Waals surface area contributed by atoms with Gasteiger partial charge < -0.3 is 14.8 Å². The third kappa shape index (κ3) is 6.89. The molecule has 45 heavy (non-hydrogen) atoms. The zero-order valence-electron chi connectivity index (χ0n) is 24.1. The van der Waals surface area contributed by atoms with E-state index in [1.807, 2.05) is 18.2 Å². The van der Waals surface area contributed by atoms with Crippen LogP contribution in [0.4, 0.5) is 4.79 Å². The maximum absolute atomic E-state index is 13.5. The van der Waals surface area contributed by atoms with Gasteiger partial charge in [0.2, 0.25) is 16.8 Å². The molecule has 3 aromatic carbocycles. The summed E-state index contributed by atoms with van der Waals surface area (Å²) in [5.41, 5.74) is 2.02. The first-order valence-electron chi connectivity index (χ1n) is 14.5. The number of nitrogens with one attached hydrogen (secondary N) is 1. The Hall–Kier alpha value is -3.84. The van der Waals surface area contributed by atoms with Gasteiger partial charge in [0.15, 0.2) is 11.5 Å². The minimum Gasteiger partial charge on any atom is -0.454 e. The Bertz CT molecular complexity index is 1770. The molecule has 0 radical (unpaired) electrons. The van der Waals surface area contributed by atoms with Crippen LogP contribution in [0.2, 0.25) is 5.02 Å². The lowest BCUT2D eigenvalue weighted by molar-refractivity contribution is -0.122. The van der Waals surface area contributed by atoms with Crippen molar-refractivity contribution in [2.24, 2.45) is 5.92 Å². The van der Waals surface area contributed by atoms with Crippen molar-refractivity contribution in [1.82, 2.24) is 14.5 Å². The Balaban J connectivity index is 1.04. The predicted octanol–water partition coefficient (Wildman–Crippen LogP) is 5.18. The second-order valence-electron chi connectivity index (χ2n) is 10.9. The van der Waals surface area contributed by atoms with E-state index in [2.05, 4.69) is 17.4 Å². The van der Waals surface area contributed by atoms with E-state index in [0.717, 1.165) is 35.9 Å². The van der Waals surface area contributed by atoms with Crippen LogP contribution in [0, 0.1) is 5.92 Å². The van der Waals surface area contributed by atoms with Crippen LogP contribution in [0.3, 0.4) is 0 Å². The summed E-state index contributed by atoms with van der Waals surface area (Å²) in [4.78, 5) is 39.6. The summed E-state index contributed by atoms with van der Waals surface area (Å²) in [7, 11) is -3.93. The molecule has 3 aliphatic rings. The number of amides is 3. The van der Waals surface area contributed by atoms with Crippen molar-refractivity contribution in [2.75, 3.05) is 33.0 Å². The molecule has 3 aliphatic heterocycles. The maximum Gasteiger partial charge on any atom is 0.293 e. The van der Waals surface area contributed by atoms with E-state index in [1.54, 1.807) is 24.3 Å². The van der Waals surface area contributed by atoms with E-state index in [9.17, 15) is 22.8 Å². The van der Waals surface area contributed by atoms with Gasteiger partial charge in [0.25, 0.3) is 17.1 Å². The summed E-state index contributed by atoms with van der Waals surface area (Å²) in [6.07, 6.45) is 3.96. The highest BCUT2D eigenvalue weighted by Crippen LogP contribution is 2.36. The standard InChI is InChI=1S/C32H30ClN3O7S2/c33-25-8-7-24(19-29(25)45(40,41)35-13-10-22(11-14-35)16-21-4-2-1-3-5-21)30(37)34-12-15-36-31(38)28(44-32(36)39)18-23-6-9-26-27(17-23)43-20-42-26/h1-9,17-19,22H,10-16,20H2,(H,34,37)/b28-18+. The van der Waals surface area contributed by atoms with Gasteiger partial charge in [0.1, 0.15) is 4.90 Å². The van der Waals surface area contributed by atoms with Gasteiger partial charge >= 0.3 is 0 Å². The van der Waals surface area contributed by atoms with Crippen molar-refractivity contribution in [3.05, 3.63) is 93.3 Å². The van der Waals surface area contributed by atoms with Crippen molar-refractivity contribution in [3.63, 3.8) is 0 Å². The first-order valence-corrected chi connectivity index (χ1v) is 17.1. The number of carbonyl (C=O) groups is 3. The summed E-state index contributed by atoms with van der Waals surface area (Å²) in [6, 6.07) is 19.5. The van der Waals surface area contributed by atoms with E-state index in [4.69, 9.17) is 21.1 Å². The fraction of sp³-hybridized carbons (Fsp3) is 0.281. The molecule has 0 bridgehead atoms. The Morgan fingerprint density at radius 3 is 2.53 bits per heavy atom. The highest BCUT2D eigenvalue weighted by molar-refractivity contribution is 8.18. The van der Waals surface area contributed by atoms with Crippen LogP contribution in [-0.2, 0) is 21.2 Å². The molecule has 2 fully saturated rings. The number of benzene rings is 3. The van der Waals surface area contributed by atoms with Crippen LogP contribution in [0.25, 0.3) is 6.08 Å². The summed E-state index contributed by atoms with van der Waals surface area (Å²) in [5, 5.41) is 2.25. The Morgan fingerprint density at radius 2 is 1.76 bits per heavy atom. The van der Waals surface area contributed by atoms with Crippen LogP contribution < -0.4 is 14.8 Å². The summed E-state index contributed by atoms with van der Waals surface area (Å²) < 4.78 is 39.2. The molecule has 0 spiro atoms. The fourth-order valence-corrected chi connectivity index (χ4v) is 8.35. The zero-order chi connectivity index (χ0) is 31.6. The molecule has 2 saturated heterocycles. The molecule has 3 aromatic rings. The van der Waals surface area contributed by atoms with Gasteiger partial charge in [0.05, 0.1) is 9.93 Å². The summed E-state index contributed by atoms with van der Waals surface area (Å²) >= 11 is 7.14. The monoisotopic (exact) mass is 667 g/mol. The molecule has 1 N–H and O–H groups in total. The quantitative estimate of drug-likeness (QED) is 0.310. The minimum absolute atomic E-state index is 0.0200. The average molecular weight is 668 g/mol. The van der Waals surface area contributed by atoms with Gasteiger partial charge in [-0.1, -0.05) is 48.0 Å². The normalized spacial score (nSPS) is 18.2. The molecule has 0 atom stereocenters. The number of hydrogen-bond donors (Lipinski definition) is 1. The summed E-state index contributed by atoms with van der Waals surface area (Å²) in [5.74, 6) is 0.541. The van der Waals surface area contributed by atoms with Crippen molar-refractivity contribution in [2.45, 2.75) is 24.2 Å². The van der Waals surface area contributed by atoms with Gasteiger partial charge in [0, 0.05) is 31.7 Å². The van der Waals surface area contributed by atoms with Crippen LogP contribution in [0.5, 0.6) is 11.5 Å². The average Bonchev–Trinajstić information content (AvgIpc) is 3.61. The van der Waals surface area contributed by atoms with E-state index in [0.29, 0.717) is 36.1 Å². The predicted molar refractivity (Wildman–Crippen MR) is 171 cm³/mol. The number of nitrogens with zero attached hydrogens (tertiary/aromatic N) is 2. The smallest absolute Gasteiger partial charge is 0.293 e. The lowest BCUT2D eigenvalue weighted by Gasteiger charge is -2.31. The van der Waals surface area contributed by atoms with Crippen LogP contribution in [0.1, 0.15) is 34.3 Å². The number of hydrogen-bond acceptors (Lipinski definition) is 8. The van der Waals surface area contributed by atoms with Crippen molar-refractivity contribution < 1.29 is 32.3 Å². The molecule has 10 nitrogen and oxygen atoms in total. The second-order valence-corrected chi connectivity index (χ2v) is 14.2. The Labute approximate surface area is 270 Å². The number of thioether (sulfide) groups is 1. The van der Waals surface area contributed by atoms with Crippen LogP contribution >= 0.6 is 23.4 Å². The number of fused-ring (bicyclic) bond motifs is 1. The highest BCUT2D eigenvalue weighted by Gasteiger charge is 2.35. The van der Waals surface area contributed by atoms with E-state index in [-0.39, 0.29) is 40.3 Å². The van der Waals surface area contributed by atoms with E-state index in [1.165, 1.54) is 28.1 Å². The van der Waals surface area contributed by atoms with Crippen molar-refractivity contribution in [1.29, 1.82) is 0 Å². The molecule has 3 amide bonds. The van der Waals surface area contributed by atoms with Gasteiger partial charge in [-0.15, -0.1) is 0 Å². The number of piperidine rings is 1. The number of imide groups is 1. The molecule has 0 aliphatic carbocycles. The number of rotatable bonds is 9. The minimum atomic E-state index is -3.93. The molecule has 3 heterocycles. The van der Waals surface area contributed by atoms with Gasteiger partial charge in [-0.3, -0.25) is 19.3 Å². The van der Waals surface area contributed by atoms with Gasteiger partial charge in [-0.05, 0) is 84.5 Å². The first-order chi connectivity index (χ1) is 21.7. The fourth-order valence-electron chi connectivity index (χ4n) is 5.51. The molecule has 0 unspecified atom stereocenters. The molecular weight excluding hydrogens is 638 g/mol. The van der Waals surface area contributed by atoms with Crippen LogP contribution in [-0.4, -0.2) is 67.6 Å².